The number of anilines is 1. The maximum Gasteiger partial charge on any atom is 0.338 e. The highest BCUT2D eigenvalue weighted by Gasteiger charge is 2.52. The van der Waals surface area contributed by atoms with Crippen molar-refractivity contribution in [1.29, 1.82) is 0 Å². The van der Waals surface area contributed by atoms with E-state index < -0.39 is 5.97 Å². The number of aryl methyl sites for hydroxylation is 2. The highest BCUT2D eigenvalue weighted by Crippen LogP contribution is 2.44. The van der Waals surface area contributed by atoms with Gasteiger partial charge in [0, 0.05) is 15.2 Å². The lowest BCUT2D eigenvalue weighted by atomic mass is 9.81. The monoisotopic (exact) mass is 575 g/mol. The van der Waals surface area contributed by atoms with E-state index in [0.29, 0.717) is 24.1 Å². The molecule has 1 aliphatic carbocycles. The van der Waals surface area contributed by atoms with Gasteiger partial charge in [0.15, 0.2) is 6.61 Å². The quantitative estimate of drug-likeness (QED) is 0.222. The Balaban J connectivity index is 1.42. The predicted molar refractivity (Wildman–Crippen MR) is 131 cm³/mol. The van der Waals surface area contributed by atoms with E-state index in [4.69, 9.17) is 4.74 Å². The van der Waals surface area contributed by atoms with Crippen molar-refractivity contribution in [3.05, 3.63) is 64.7 Å². The Morgan fingerprint density at radius 2 is 1.52 bits per heavy atom. The summed E-state index contributed by atoms with van der Waals surface area (Å²) in [6.07, 6.45) is 1.20. The third-order valence-corrected chi connectivity index (χ3v) is 9.03. The number of imide groups is 1. The molecule has 0 N–H and O–H groups in total. The lowest BCUT2D eigenvalue weighted by Gasteiger charge is -2.29. The number of fused-ring (bicyclic) bond motifs is 1. The van der Waals surface area contributed by atoms with Crippen molar-refractivity contribution in [3.63, 3.8) is 0 Å². The number of ketones is 1. The van der Waals surface area contributed by atoms with Crippen molar-refractivity contribution < 1.29 is 23.9 Å². The third-order valence-electron chi connectivity index (χ3n) is 6.30. The molecule has 0 spiro atoms. The fraction of sp³-hybridized carbons (Fsp3) is 0.360. The van der Waals surface area contributed by atoms with Gasteiger partial charge in [-0.1, -0.05) is 49.6 Å². The third kappa shape index (κ3) is 4.68. The highest BCUT2D eigenvalue weighted by molar-refractivity contribution is 9.12. The number of amides is 2. The molecule has 8 heteroatoms. The van der Waals surface area contributed by atoms with E-state index in [1.54, 1.807) is 18.2 Å². The Morgan fingerprint density at radius 3 is 2.09 bits per heavy atom. The summed E-state index contributed by atoms with van der Waals surface area (Å²) in [4.78, 5) is 52.2. The van der Waals surface area contributed by atoms with Crippen molar-refractivity contribution >= 4 is 61.1 Å². The van der Waals surface area contributed by atoms with Gasteiger partial charge in [0.1, 0.15) is 0 Å². The zero-order valence-electron chi connectivity index (χ0n) is 18.2. The van der Waals surface area contributed by atoms with E-state index >= 15 is 0 Å². The minimum atomic E-state index is -0.641. The SMILES string of the molecule is Cc1ccc(C)c(C(=O)COC(=O)c2ccc(N3C(=O)C4CC(Br)C(Br)CC4C3=O)cc2)c1. The van der Waals surface area contributed by atoms with Crippen LogP contribution in [0, 0.1) is 25.7 Å². The molecular formula is C25H23Br2NO5. The van der Waals surface area contributed by atoms with Crippen LogP contribution in [0.15, 0.2) is 42.5 Å². The van der Waals surface area contributed by atoms with Crippen LogP contribution in [0.25, 0.3) is 0 Å². The van der Waals surface area contributed by atoms with Crippen LogP contribution in [0.2, 0.25) is 0 Å². The highest BCUT2D eigenvalue weighted by atomic mass is 79.9. The largest absolute Gasteiger partial charge is 0.454 e. The molecule has 2 fully saturated rings. The number of benzene rings is 2. The molecule has 1 saturated carbocycles. The summed E-state index contributed by atoms with van der Waals surface area (Å²) in [5, 5.41) is 0. The number of halogens is 2. The summed E-state index contributed by atoms with van der Waals surface area (Å²) in [5.41, 5.74) is 2.98. The number of hydrogen-bond donors (Lipinski definition) is 0. The topological polar surface area (TPSA) is 80.8 Å². The Morgan fingerprint density at radius 1 is 0.939 bits per heavy atom. The average Bonchev–Trinajstić information content (AvgIpc) is 3.03. The summed E-state index contributed by atoms with van der Waals surface area (Å²) in [5.74, 6) is -2.00. The van der Waals surface area contributed by atoms with Gasteiger partial charge in [0.25, 0.3) is 0 Å². The molecule has 1 heterocycles. The first-order valence-corrected chi connectivity index (χ1v) is 12.5. The molecule has 1 saturated heterocycles. The first-order chi connectivity index (χ1) is 15.7. The lowest BCUT2D eigenvalue weighted by molar-refractivity contribution is -0.122. The first-order valence-electron chi connectivity index (χ1n) is 10.7. The van der Waals surface area contributed by atoms with Crippen LogP contribution in [0.3, 0.4) is 0 Å². The second-order valence-electron chi connectivity index (χ2n) is 8.59. The Labute approximate surface area is 208 Å². The molecule has 6 nitrogen and oxygen atoms in total. The van der Waals surface area contributed by atoms with E-state index in [0.717, 1.165) is 11.1 Å². The van der Waals surface area contributed by atoms with Crippen LogP contribution in [0.4, 0.5) is 5.69 Å². The Bertz CT molecular complexity index is 1100. The number of ether oxygens (including phenoxy) is 1. The summed E-state index contributed by atoms with van der Waals surface area (Å²) in [7, 11) is 0. The predicted octanol–water partition coefficient (Wildman–Crippen LogP) is 4.77. The normalized spacial score (nSPS) is 24.5. The van der Waals surface area contributed by atoms with Gasteiger partial charge in [0.05, 0.1) is 23.1 Å². The number of esters is 1. The first kappa shape index (κ1) is 23.8. The van der Waals surface area contributed by atoms with Crippen molar-refractivity contribution in [2.45, 2.75) is 36.3 Å². The zero-order chi connectivity index (χ0) is 23.9. The van der Waals surface area contributed by atoms with Gasteiger partial charge in [-0.15, -0.1) is 0 Å². The molecule has 0 radical (unpaired) electrons. The molecule has 1 aliphatic heterocycles. The van der Waals surface area contributed by atoms with Crippen molar-refractivity contribution in [2.24, 2.45) is 11.8 Å². The van der Waals surface area contributed by atoms with E-state index in [1.807, 2.05) is 26.0 Å². The number of hydrogen-bond acceptors (Lipinski definition) is 5. The second-order valence-corrected chi connectivity index (χ2v) is 10.9. The summed E-state index contributed by atoms with van der Waals surface area (Å²) >= 11 is 7.16. The minimum Gasteiger partial charge on any atom is -0.454 e. The molecule has 2 aromatic carbocycles. The summed E-state index contributed by atoms with van der Waals surface area (Å²) < 4.78 is 5.20. The van der Waals surface area contributed by atoms with Gasteiger partial charge in [-0.3, -0.25) is 19.3 Å². The lowest BCUT2D eigenvalue weighted by Crippen LogP contribution is -2.34. The maximum absolute atomic E-state index is 12.9. The standard InChI is InChI=1S/C25H23Br2NO5/c1-13-3-4-14(2)17(9-13)22(29)12-33-25(32)15-5-7-16(8-6-15)28-23(30)18-10-20(26)21(27)11-19(18)24(28)31/h3-9,18-21H,10-12H2,1-2H3. The van der Waals surface area contributed by atoms with E-state index in [9.17, 15) is 19.2 Å². The summed E-state index contributed by atoms with van der Waals surface area (Å²) in [6, 6.07) is 11.7. The van der Waals surface area contributed by atoms with Crippen molar-refractivity contribution in [1.82, 2.24) is 0 Å². The molecule has 0 aromatic heterocycles. The molecular weight excluding hydrogens is 554 g/mol. The van der Waals surface area contributed by atoms with Crippen LogP contribution in [-0.4, -0.2) is 39.8 Å². The minimum absolute atomic E-state index is 0.138. The van der Waals surface area contributed by atoms with Crippen LogP contribution in [0.5, 0.6) is 0 Å². The molecule has 172 valence electrons. The van der Waals surface area contributed by atoms with E-state index in [2.05, 4.69) is 31.9 Å². The number of carbonyl (C=O) groups excluding carboxylic acids is 4. The molecule has 2 aromatic rings. The maximum atomic E-state index is 12.9. The zero-order valence-corrected chi connectivity index (χ0v) is 21.4. The van der Waals surface area contributed by atoms with E-state index in [-0.39, 0.29) is 51.3 Å². The Kier molecular flexibility index (Phi) is 6.86. The fourth-order valence-electron chi connectivity index (χ4n) is 4.42. The molecule has 0 bridgehead atoms. The van der Waals surface area contributed by atoms with Crippen LogP contribution < -0.4 is 4.90 Å². The molecule has 4 unspecified atom stereocenters. The molecule has 33 heavy (non-hydrogen) atoms. The second kappa shape index (κ2) is 9.50. The molecule has 4 rings (SSSR count). The van der Waals surface area contributed by atoms with Crippen LogP contribution in [0.1, 0.15) is 44.7 Å². The molecule has 2 aliphatic rings. The fourth-order valence-corrected chi connectivity index (χ4v) is 5.66. The van der Waals surface area contributed by atoms with Crippen molar-refractivity contribution in [3.8, 4) is 0 Å². The van der Waals surface area contributed by atoms with Crippen LogP contribution >= 0.6 is 31.9 Å². The van der Waals surface area contributed by atoms with Gasteiger partial charge >= 0.3 is 5.97 Å². The smallest absolute Gasteiger partial charge is 0.338 e. The number of Topliss-reactive ketones (excluding diaryl/α,β-unsaturated/α-hetero) is 1. The molecule has 2 amide bonds. The number of carbonyl (C=O) groups is 4. The number of rotatable bonds is 5. The average molecular weight is 577 g/mol. The van der Waals surface area contributed by atoms with E-state index in [1.165, 1.54) is 17.0 Å². The van der Waals surface area contributed by atoms with Gasteiger partial charge < -0.3 is 4.74 Å². The number of alkyl halides is 2. The summed E-state index contributed by atoms with van der Waals surface area (Å²) in [6.45, 7) is 3.37. The van der Waals surface area contributed by atoms with Gasteiger partial charge in [0.2, 0.25) is 17.6 Å². The van der Waals surface area contributed by atoms with Crippen molar-refractivity contribution in [2.75, 3.05) is 11.5 Å². The number of nitrogens with zero attached hydrogens (tertiary/aromatic N) is 1. The van der Waals surface area contributed by atoms with Gasteiger partial charge in [-0.2, -0.15) is 0 Å². The Hall–Kier alpha value is -2.32. The van der Waals surface area contributed by atoms with Gasteiger partial charge in [-0.25, -0.2) is 4.79 Å². The van der Waals surface area contributed by atoms with Gasteiger partial charge in [-0.05, 0) is 62.6 Å². The van der Waals surface area contributed by atoms with Crippen LogP contribution in [-0.2, 0) is 14.3 Å². The molecule has 4 atom stereocenters.